The van der Waals surface area contributed by atoms with E-state index in [1.807, 2.05) is 6.07 Å². The molecule has 8 nitrogen and oxygen atoms in total. The third-order valence-corrected chi connectivity index (χ3v) is 7.47. The molecule has 2 aliphatic heterocycles. The normalized spacial score (nSPS) is 23.0. The van der Waals surface area contributed by atoms with Crippen LogP contribution in [0, 0.1) is 0 Å². The number of benzene rings is 1. The summed E-state index contributed by atoms with van der Waals surface area (Å²) in [6.07, 6.45) is 6.36. The maximum Gasteiger partial charge on any atom is 0.263 e. The minimum atomic E-state index is -3.75. The maximum atomic E-state index is 12.6. The third-order valence-electron chi connectivity index (χ3n) is 5.42. The highest BCUT2D eigenvalue weighted by Gasteiger charge is 2.33. The molecular weight excluding hydrogens is 400 g/mol. The number of nitrogens with zero attached hydrogens (tertiary/aromatic N) is 3. The van der Waals surface area contributed by atoms with Gasteiger partial charge in [-0.3, -0.25) is 9.62 Å². The first kappa shape index (κ1) is 19.6. The monoisotopic (exact) mass is 424 g/mol. The van der Waals surface area contributed by atoms with Crippen LogP contribution in [0.15, 0.2) is 29.4 Å². The molecule has 2 atom stereocenters. The van der Waals surface area contributed by atoms with Crippen molar-refractivity contribution in [2.45, 2.75) is 49.1 Å². The van der Waals surface area contributed by atoms with Gasteiger partial charge in [-0.15, -0.1) is 0 Å². The van der Waals surface area contributed by atoms with E-state index >= 15 is 0 Å². The average molecular weight is 425 g/mol. The lowest BCUT2D eigenvalue weighted by atomic mass is 9.92. The zero-order valence-electron chi connectivity index (χ0n) is 15.5. The number of hydrogen-bond donors (Lipinski definition) is 2. The Kier molecular flexibility index (Phi) is 5.81. The minimum absolute atomic E-state index is 0.146. The molecule has 0 bridgehead atoms. The summed E-state index contributed by atoms with van der Waals surface area (Å²) in [5.74, 6) is 0.615. The molecule has 28 heavy (non-hydrogen) atoms. The van der Waals surface area contributed by atoms with Gasteiger partial charge in [0.2, 0.25) is 5.13 Å². The second-order valence-electron chi connectivity index (χ2n) is 7.10. The van der Waals surface area contributed by atoms with Crippen molar-refractivity contribution in [3.05, 3.63) is 30.1 Å². The molecule has 2 N–H and O–H groups in total. The first-order chi connectivity index (χ1) is 13.6. The molecule has 0 aliphatic carbocycles. The molecular formula is C18H24N4O4S2. The lowest BCUT2D eigenvalue weighted by molar-refractivity contribution is 0.0536. The largest absolute Gasteiger partial charge is 0.493 e. The number of hydrogen-bond acceptors (Lipinski definition) is 8. The SMILES string of the molecule is O=S(=O)(Nc1ncns1)c1ccc2c(c1)OCC[C@@H]2N1CCCC[C@@H]1CCO. The van der Waals surface area contributed by atoms with Crippen LogP contribution in [0.3, 0.4) is 0 Å². The van der Waals surface area contributed by atoms with Crippen LogP contribution >= 0.6 is 11.5 Å². The highest BCUT2D eigenvalue weighted by molar-refractivity contribution is 7.93. The average Bonchev–Trinajstić information content (AvgIpc) is 3.20. The van der Waals surface area contributed by atoms with Crippen molar-refractivity contribution in [2.24, 2.45) is 0 Å². The minimum Gasteiger partial charge on any atom is -0.493 e. The van der Waals surface area contributed by atoms with Crippen molar-refractivity contribution in [2.75, 3.05) is 24.5 Å². The molecule has 0 unspecified atom stereocenters. The Labute approximate surface area is 168 Å². The van der Waals surface area contributed by atoms with Crippen molar-refractivity contribution < 1.29 is 18.3 Å². The van der Waals surface area contributed by atoms with E-state index in [0.717, 1.165) is 49.3 Å². The van der Waals surface area contributed by atoms with Crippen LogP contribution in [0.4, 0.5) is 5.13 Å². The van der Waals surface area contributed by atoms with Crippen molar-refractivity contribution in [1.29, 1.82) is 0 Å². The first-order valence-corrected chi connectivity index (χ1v) is 11.8. The summed E-state index contributed by atoms with van der Waals surface area (Å²) < 4.78 is 37.3. The van der Waals surface area contributed by atoms with Gasteiger partial charge in [-0.1, -0.05) is 12.5 Å². The number of nitrogens with one attached hydrogen (secondary N) is 1. The lowest BCUT2D eigenvalue weighted by Crippen LogP contribution is -2.44. The van der Waals surface area contributed by atoms with Gasteiger partial charge in [-0.25, -0.2) is 13.4 Å². The molecule has 0 amide bonds. The third kappa shape index (κ3) is 4.00. The van der Waals surface area contributed by atoms with Gasteiger partial charge >= 0.3 is 0 Å². The number of aliphatic hydroxyl groups excluding tert-OH is 1. The zero-order chi connectivity index (χ0) is 19.6. The second kappa shape index (κ2) is 8.32. The number of sulfonamides is 1. The van der Waals surface area contributed by atoms with E-state index in [4.69, 9.17) is 4.74 Å². The van der Waals surface area contributed by atoms with Crippen LogP contribution in [-0.2, 0) is 10.0 Å². The van der Waals surface area contributed by atoms with Gasteiger partial charge in [0, 0.05) is 48.3 Å². The van der Waals surface area contributed by atoms with E-state index in [1.165, 1.54) is 12.7 Å². The van der Waals surface area contributed by atoms with Crippen molar-refractivity contribution >= 4 is 26.7 Å². The molecule has 0 spiro atoms. The number of likely N-dealkylation sites (tertiary alicyclic amines) is 1. The summed E-state index contributed by atoms with van der Waals surface area (Å²) in [6.45, 7) is 1.73. The van der Waals surface area contributed by atoms with Crippen molar-refractivity contribution in [3.63, 3.8) is 0 Å². The molecule has 0 radical (unpaired) electrons. The molecule has 0 saturated carbocycles. The Morgan fingerprint density at radius 3 is 3.00 bits per heavy atom. The van der Waals surface area contributed by atoms with Crippen LogP contribution in [0.25, 0.3) is 0 Å². The number of rotatable bonds is 6. The summed E-state index contributed by atoms with van der Waals surface area (Å²) in [4.78, 5) is 6.49. The topological polar surface area (TPSA) is 105 Å². The Hall–Kier alpha value is -1.75. The van der Waals surface area contributed by atoms with E-state index in [-0.39, 0.29) is 22.7 Å². The van der Waals surface area contributed by atoms with Crippen molar-refractivity contribution in [3.8, 4) is 5.75 Å². The molecule has 10 heteroatoms. The fourth-order valence-electron chi connectivity index (χ4n) is 4.15. The Morgan fingerprint density at radius 1 is 1.32 bits per heavy atom. The molecule has 1 saturated heterocycles. The number of ether oxygens (including phenoxy) is 1. The van der Waals surface area contributed by atoms with Gasteiger partial charge in [0.05, 0.1) is 11.5 Å². The highest BCUT2D eigenvalue weighted by Crippen LogP contribution is 2.40. The van der Waals surface area contributed by atoms with E-state index in [0.29, 0.717) is 18.4 Å². The maximum absolute atomic E-state index is 12.6. The summed E-state index contributed by atoms with van der Waals surface area (Å²) in [6, 6.07) is 5.62. The van der Waals surface area contributed by atoms with E-state index in [9.17, 15) is 13.5 Å². The number of piperidine rings is 1. The molecule has 4 rings (SSSR count). The van der Waals surface area contributed by atoms with Crippen LogP contribution in [0.5, 0.6) is 5.75 Å². The van der Waals surface area contributed by atoms with E-state index in [2.05, 4.69) is 19.0 Å². The quantitative estimate of drug-likeness (QED) is 0.734. The molecule has 2 aromatic rings. The van der Waals surface area contributed by atoms with Crippen molar-refractivity contribution in [1.82, 2.24) is 14.3 Å². The van der Waals surface area contributed by atoms with Crippen LogP contribution < -0.4 is 9.46 Å². The number of fused-ring (bicyclic) bond motifs is 1. The van der Waals surface area contributed by atoms with Crippen LogP contribution in [0.2, 0.25) is 0 Å². The van der Waals surface area contributed by atoms with Gasteiger partial charge in [0.15, 0.2) is 0 Å². The fraction of sp³-hybridized carbons (Fsp3) is 0.556. The molecule has 152 valence electrons. The van der Waals surface area contributed by atoms with Gasteiger partial charge in [0.25, 0.3) is 10.0 Å². The van der Waals surface area contributed by atoms with Crippen LogP contribution in [0.1, 0.15) is 43.7 Å². The number of aliphatic hydroxyl groups is 1. The fourth-order valence-corrected chi connectivity index (χ4v) is 5.82. The second-order valence-corrected chi connectivity index (χ2v) is 9.57. The van der Waals surface area contributed by atoms with E-state index < -0.39 is 10.0 Å². The summed E-state index contributed by atoms with van der Waals surface area (Å²) in [5, 5.41) is 9.66. The molecule has 2 aliphatic rings. The lowest BCUT2D eigenvalue weighted by Gasteiger charge is -2.43. The predicted molar refractivity (Wildman–Crippen MR) is 106 cm³/mol. The van der Waals surface area contributed by atoms with E-state index in [1.54, 1.807) is 12.1 Å². The Morgan fingerprint density at radius 2 is 2.21 bits per heavy atom. The first-order valence-electron chi connectivity index (χ1n) is 9.51. The predicted octanol–water partition coefficient (Wildman–Crippen LogP) is 2.40. The molecule has 1 fully saturated rings. The number of anilines is 1. The molecule has 1 aromatic carbocycles. The summed E-state index contributed by atoms with van der Waals surface area (Å²) in [7, 11) is -3.75. The van der Waals surface area contributed by atoms with Crippen LogP contribution in [-0.4, -0.2) is 53.6 Å². The zero-order valence-corrected chi connectivity index (χ0v) is 17.1. The molecule has 3 heterocycles. The number of aromatic nitrogens is 2. The highest BCUT2D eigenvalue weighted by atomic mass is 32.2. The standard InChI is InChI=1S/C18H24N4O4S2/c23-9-6-13-3-1-2-8-22(13)16-7-10-26-17-11-14(4-5-15(16)17)28(24,25)21-18-19-12-20-27-18/h4-5,11-13,16,23H,1-3,6-10H2,(H,19,20,21)/t13-,16+/m1/s1. The van der Waals surface area contributed by atoms with Gasteiger partial charge in [-0.2, -0.15) is 4.37 Å². The smallest absolute Gasteiger partial charge is 0.263 e. The Balaban J connectivity index is 1.60. The summed E-state index contributed by atoms with van der Waals surface area (Å²) in [5.41, 5.74) is 1.02. The van der Waals surface area contributed by atoms with Gasteiger partial charge < -0.3 is 9.84 Å². The van der Waals surface area contributed by atoms with Gasteiger partial charge in [-0.05, 0) is 31.9 Å². The molecule has 1 aromatic heterocycles. The summed E-state index contributed by atoms with van der Waals surface area (Å²) >= 11 is 0.988. The Bertz CT molecular complexity index is 902. The van der Waals surface area contributed by atoms with Gasteiger partial charge in [0.1, 0.15) is 12.1 Å².